The highest BCUT2D eigenvalue weighted by molar-refractivity contribution is 4.86. The molecule has 1 saturated carbocycles. The van der Waals surface area contributed by atoms with Crippen LogP contribution in [0.15, 0.2) is 0 Å². The Labute approximate surface area is 119 Å². The van der Waals surface area contributed by atoms with Crippen LogP contribution in [-0.2, 0) is 0 Å². The second kappa shape index (κ2) is 7.61. The van der Waals surface area contributed by atoms with Crippen molar-refractivity contribution < 1.29 is 0 Å². The van der Waals surface area contributed by atoms with Crippen LogP contribution < -0.4 is 5.32 Å². The fraction of sp³-hybridized carbons (Fsp3) is 1.00. The SMILES string of the molecule is CCCNC1CCCC(N2CCN(C(C)C)CC2)C1. The van der Waals surface area contributed by atoms with Crippen molar-refractivity contribution in [3.05, 3.63) is 0 Å². The van der Waals surface area contributed by atoms with E-state index in [-0.39, 0.29) is 0 Å². The zero-order chi connectivity index (χ0) is 13.7. The van der Waals surface area contributed by atoms with E-state index in [0.717, 1.165) is 12.1 Å². The maximum atomic E-state index is 3.73. The number of hydrogen-bond acceptors (Lipinski definition) is 3. The Morgan fingerprint density at radius 3 is 2.47 bits per heavy atom. The van der Waals surface area contributed by atoms with Crippen molar-refractivity contribution >= 4 is 0 Å². The molecule has 2 rings (SSSR count). The lowest BCUT2D eigenvalue weighted by atomic mass is 9.89. The molecule has 1 aliphatic carbocycles. The van der Waals surface area contributed by atoms with E-state index in [9.17, 15) is 0 Å². The van der Waals surface area contributed by atoms with E-state index in [4.69, 9.17) is 0 Å². The minimum Gasteiger partial charge on any atom is -0.314 e. The molecular weight excluding hydrogens is 234 g/mol. The van der Waals surface area contributed by atoms with E-state index in [1.165, 1.54) is 64.8 Å². The van der Waals surface area contributed by atoms with Crippen LogP contribution in [0.5, 0.6) is 0 Å². The Kier molecular flexibility index (Phi) is 6.11. The molecule has 2 fully saturated rings. The van der Waals surface area contributed by atoms with Gasteiger partial charge in [0.15, 0.2) is 0 Å². The van der Waals surface area contributed by atoms with Gasteiger partial charge in [-0.1, -0.05) is 13.3 Å². The van der Waals surface area contributed by atoms with Gasteiger partial charge in [0.25, 0.3) is 0 Å². The molecule has 1 aliphatic heterocycles. The zero-order valence-electron chi connectivity index (χ0n) is 13.2. The monoisotopic (exact) mass is 267 g/mol. The molecule has 0 bridgehead atoms. The first-order valence-corrected chi connectivity index (χ1v) is 8.42. The van der Waals surface area contributed by atoms with E-state index in [2.05, 4.69) is 35.9 Å². The quantitative estimate of drug-likeness (QED) is 0.825. The van der Waals surface area contributed by atoms with E-state index < -0.39 is 0 Å². The van der Waals surface area contributed by atoms with Gasteiger partial charge in [0.2, 0.25) is 0 Å². The average molecular weight is 267 g/mol. The minimum absolute atomic E-state index is 0.715. The zero-order valence-corrected chi connectivity index (χ0v) is 13.2. The first kappa shape index (κ1) is 15.3. The van der Waals surface area contributed by atoms with Gasteiger partial charge in [0, 0.05) is 44.3 Å². The molecule has 0 aromatic heterocycles. The predicted molar refractivity (Wildman–Crippen MR) is 82.6 cm³/mol. The van der Waals surface area contributed by atoms with Crippen LogP contribution >= 0.6 is 0 Å². The summed E-state index contributed by atoms with van der Waals surface area (Å²) in [6.07, 6.45) is 6.86. The van der Waals surface area contributed by atoms with Crippen LogP contribution in [0.3, 0.4) is 0 Å². The third kappa shape index (κ3) is 4.44. The summed E-state index contributed by atoms with van der Waals surface area (Å²) in [6.45, 7) is 13.2. The molecule has 1 saturated heterocycles. The number of hydrogen-bond donors (Lipinski definition) is 1. The van der Waals surface area contributed by atoms with Gasteiger partial charge >= 0.3 is 0 Å². The highest BCUT2D eigenvalue weighted by Crippen LogP contribution is 2.24. The summed E-state index contributed by atoms with van der Waals surface area (Å²) in [6, 6.07) is 2.34. The molecule has 1 N–H and O–H groups in total. The molecule has 2 atom stereocenters. The molecule has 2 unspecified atom stereocenters. The van der Waals surface area contributed by atoms with Crippen LogP contribution in [0.1, 0.15) is 52.9 Å². The summed E-state index contributed by atoms with van der Waals surface area (Å²) >= 11 is 0. The van der Waals surface area contributed by atoms with E-state index in [1.54, 1.807) is 0 Å². The van der Waals surface area contributed by atoms with Gasteiger partial charge in [0.1, 0.15) is 0 Å². The van der Waals surface area contributed by atoms with Gasteiger partial charge in [-0.2, -0.15) is 0 Å². The number of nitrogens with zero attached hydrogens (tertiary/aromatic N) is 2. The van der Waals surface area contributed by atoms with Crippen LogP contribution in [-0.4, -0.2) is 60.6 Å². The van der Waals surface area contributed by atoms with Crippen LogP contribution in [0.4, 0.5) is 0 Å². The number of nitrogens with one attached hydrogen (secondary N) is 1. The van der Waals surface area contributed by atoms with Crippen molar-refractivity contribution in [2.45, 2.75) is 71.0 Å². The smallest absolute Gasteiger partial charge is 0.0113 e. The molecule has 2 aliphatic rings. The van der Waals surface area contributed by atoms with Crippen LogP contribution in [0, 0.1) is 0 Å². The molecule has 19 heavy (non-hydrogen) atoms. The van der Waals surface area contributed by atoms with E-state index in [0.29, 0.717) is 6.04 Å². The average Bonchev–Trinajstić information content (AvgIpc) is 2.45. The fourth-order valence-corrected chi connectivity index (χ4v) is 3.65. The van der Waals surface area contributed by atoms with E-state index in [1.807, 2.05) is 0 Å². The van der Waals surface area contributed by atoms with Gasteiger partial charge < -0.3 is 5.32 Å². The second-order valence-electron chi connectivity index (χ2n) is 6.64. The summed E-state index contributed by atoms with van der Waals surface area (Å²) in [5.41, 5.74) is 0. The van der Waals surface area contributed by atoms with Crippen molar-refractivity contribution in [3.8, 4) is 0 Å². The van der Waals surface area contributed by atoms with Crippen molar-refractivity contribution in [3.63, 3.8) is 0 Å². The molecule has 0 amide bonds. The maximum Gasteiger partial charge on any atom is 0.0113 e. The topological polar surface area (TPSA) is 18.5 Å². The Morgan fingerprint density at radius 1 is 1.11 bits per heavy atom. The molecule has 0 spiro atoms. The normalized spacial score (nSPS) is 30.9. The molecule has 0 aromatic carbocycles. The Hall–Kier alpha value is -0.120. The summed E-state index contributed by atoms with van der Waals surface area (Å²) < 4.78 is 0. The second-order valence-corrected chi connectivity index (χ2v) is 6.64. The highest BCUT2D eigenvalue weighted by Gasteiger charge is 2.29. The van der Waals surface area contributed by atoms with Gasteiger partial charge in [0.05, 0.1) is 0 Å². The minimum atomic E-state index is 0.715. The molecule has 0 aromatic rings. The highest BCUT2D eigenvalue weighted by atomic mass is 15.3. The van der Waals surface area contributed by atoms with Gasteiger partial charge in [-0.15, -0.1) is 0 Å². The lowest BCUT2D eigenvalue weighted by Gasteiger charge is -2.43. The molecular formula is C16H33N3. The van der Waals surface area contributed by atoms with Crippen molar-refractivity contribution in [2.24, 2.45) is 0 Å². The predicted octanol–water partition coefficient (Wildman–Crippen LogP) is 2.32. The lowest BCUT2D eigenvalue weighted by Crippen LogP contribution is -2.54. The molecule has 3 heteroatoms. The number of rotatable bonds is 5. The molecule has 3 nitrogen and oxygen atoms in total. The van der Waals surface area contributed by atoms with Gasteiger partial charge in [-0.3, -0.25) is 9.80 Å². The standard InChI is InChI=1S/C16H33N3/c1-4-8-17-15-6-5-7-16(13-15)19-11-9-18(10-12-19)14(2)3/h14-17H,4-13H2,1-3H3. The Bertz CT molecular complexity index is 246. The Balaban J connectivity index is 1.75. The van der Waals surface area contributed by atoms with Crippen molar-refractivity contribution in [2.75, 3.05) is 32.7 Å². The third-order valence-electron chi connectivity index (χ3n) is 4.93. The summed E-state index contributed by atoms with van der Waals surface area (Å²) in [7, 11) is 0. The van der Waals surface area contributed by atoms with Crippen LogP contribution in [0.2, 0.25) is 0 Å². The van der Waals surface area contributed by atoms with Gasteiger partial charge in [-0.05, 0) is 46.1 Å². The molecule has 1 heterocycles. The summed E-state index contributed by atoms with van der Waals surface area (Å²) in [5, 5.41) is 3.73. The number of piperazine rings is 1. The van der Waals surface area contributed by atoms with E-state index >= 15 is 0 Å². The van der Waals surface area contributed by atoms with Crippen LogP contribution in [0.25, 0.3) is 0 Å². The largest absolute Gasteiger partial charge is 0.314 e. The molecule has 0 radical (unpaired) electrons. The van der Waals surface area contributed by atoms with Crippen molar-refractivity contribution in [1.82, 2.24) is 15.1 Å². The summed E-state index contributed by atoms with van der Waals surface area (Å²) in [4.78, 5) is 5.38. The fourth-order valence-electron chi connectivity index (χ4n) is 3.65. The lowest BCUT2D eigenvalue weighted by molar-refractivity contribution is 0.0585. The third-order valence-corrected chi connectivity index (χ3v) is 4.93. The first-order chi connectivity index (χ1) is 9.20. The summed E-state index contributed by atoms with van der Waals surface area (Å²) in [5.74, 6) is 0. The maximum absolute atomic E-state index is 3.73. The first-order valence-electron chi connectivity index (χ1n) is 8.42. The molecule has 112 valence electrons. The van der Waals surface area contributed by atoms with Gasteiger partial charge in [-0.25, -0.2) is 0 Å². The van der Waals surface area contributed by atoms with Crippen molar-refractivity contribution in [1.29, 1.82) is 0 Å². The Morgan fingerprint density at radius 2 is 1.84 bits per heavy atom.